The summed E-state index contributed by atoms with van der Waals surface area (Å²) >= 11 is 0. The van der Waals surface area contributed by atoms with Crippen molar-refractivity contribution in [2.24, 2.45) is 5.10 Å². The van der Waals surface area contributed by atoms with Gasteiger partial charge in [0.15, 0.2) is 0 Å². The van der Waals surface area contributed by atoms with Gasteiger partial charge in [-0.2, -0.15) is 5.10 Å². The van der Waals surface area contributed by atoms with Crippen LogP contribution in [0, 0.1) is 6.92 Å². The fourth-order valence-electron chi connectivity index (χ4n) is 3.38. The lowest BCUT2D eigenvalue weighted by Crippen LogP contribution is -2.26. The number of sulfonamides is 1. The summed E-state index contributed by atoms with van der Waals surface area (Å²) < 4.78 is 31.1. The molecule has 3 aromatic rings. The standard InChI is InChI=1S/C22H21N3O4S/c1-15-8-10-16(11-9-15)22(26)25-20(21-7-4-12-29-21)14-19(23-25)17-5-3-6-18(13-17)24-30(2,27)28/h3-13,20,24H,14H2,1-2H3/t20-/m0/s1. The number of aryl methyl sites for hydroxylation is 1. The van der Waals surface area contributed by atoms with Crippen LogP contribution >= 0.6 is 0 Å². The molecule has 0 fully saturated rings. The SMILES string of the molecule is Cc1ccc(C(=O)N2N=C(c3cccc(NS(C)(=O)=O)c3)C[C@H]2c2ccco2)cc1. The molecule has 0 radical (unpaired) electrons. The topological polar surface area (TPSA) is 92.0 Å². The van der Waals surface area contributed by atoms with Crippen LogP contribution in [0.2, 0.25) is 0 Å². The molecule has 30 heavy (non-hydrogen) atoms. The molecule has 154 valence electrons. The zero-order valence-electron chi connectivity index (χ0n) is 16.6. The predicted molar refractivity (Wildman–Crippen MR) is 115 cm³/mol. The maximum atomic E-state index is 13.2. The summed E-state index contributed by atoms with van der Waals surface area (Å²) in [4.78, 5) is 13.2. The summed E-state index contributed by atoms with van der Waals surface area (Å²) in [5.74, 6) is 0.413. The van der Waals surface area contributed by atoms with E-state index in [0.29, 0.717) is 29.1 Å². The van der Waals surface area contributed by atoms with Gasteiger partial charge in [0.1, 0.15) is 11.8 Å². The van der Waals surface area contributed by atoms with Crippen molar-refractivity contribution in [3.8, 4) is 0 Å². The predicted octanol–water partition coefficient (Wildman–Crippen LogP) is 3.95. The lowest BCUT2D eigenvalue weighted by molar-refractivity contribution is 0.0693. The molecule has 0 saturated carbocycles. The minimum absolute atomic E-state index is 0.225. The Kier molecular flexibility index (Phi) is 5.17. The van der Waals surface area contributed by atoms with Crippen molar-refractivity contribution in [2.45, 2.75) is 19.4 Å². The minimum Gasteiger partial charge on any atom is -0.467 e. The Hall–Kier alpha value is -3.39. The third-order valence-electron chi connectivity index (χ3n) is 4.79. The van der Waals surface area contributed by atoms with Gasteiger partial charge in [0.25, 0.3) is 5.91 Å². The molecule has 0 aliphatic carbocycles. The lowest BCUT2D eigenvalue weighted by atomic mass is 10.0. The van der Waals surface area contributed by atoms with Crippen LogP contribution < -0.4 is 4.72 Å². The summed E-state index contributed by atoms with van der Waals surface area (Å²) in [6.07, 6.45) is 3.12. The fraction of sp³-hybridized carbons (Fsp3) is 0.182. The van der Waals surface area contributed by atoms with Crippen LogP contribution in [0.5, 0.6) is 0 Å². The van der Waals surface area contributed by atoms with Crippen molar-refractivity contribution in [3.63, 3.8) is 0 Å². The van der Waals surface area contributed by atoms with Crippen molar-refractivity contribution in [1.82, 2.24) is 5.01 Å². The number of anilines is 1. The molecule has 1 amide bonds. The Labute approximate surface area is 175 Å². The van der Waals surface area contributed by atoms with Crippen molar-refractivity contribution in [1.29, 1.82) is 0 Å². The van der Waals surface area contributed by atoms with Gasteiger partial charge < -0.3 is 4.42 Å². The number of hydrazone groups is 1. The van der Waals surface area contributed by atoms with Crippen molar-refractivity contribution in [3.05, 3.63) is 89.4 Å². The largest absolute Gasteiger partial charge is 0.467 e. The molecule has 2 heterocycles. The Morgan fingerprint density at radius 3 is 2.57 bits per heavy atom. The molecule has 1 aliphatic rings. The number of furan rings is 1. The van der Waals surface area contributed by atoms with E-state index in [-0.39, 0.29) is 11.9 Å². The van der Waals surface area contributed by atoms with E-state index in [4.69, 9.17) is 4.42 Å². The van der Waals surface area contributed by atoms with E-state index >= 15 is 0 Å². The van der Waals surface area contributed by atoms with Crippen molar-refractivity contribution >= 4 is 27.3 Å². The van der Waals surface area contributed by atoms with E-state index < -0.39 is 10.0 Å². The molecule has 1 aromatic heterocycles. The summed E-state index contributed by atoms with van der Waals surface area (Å²) in [6, 6.07) is 17.5. The van der Waals surface area contributed by atoms with Crippen LogP contribution in [0.15, 0.2) is 76.4 Å². The molecule has 8 heteroatoms. The number of nitrogens with one attached hydrogen (secondary N) is 1. The Morgan fingerprint density at radius 2 is 1.90 bits per heavy atom. The number of amides is 1. The molecular weight excluding hydrogens is 402 g/mol. The van der Waals surface area contributed by atoms with Gasteiger partial charge in [0, 0.05) is 17.7 Å². The summed E-state index contributed by atoms with van der Waals surface area (Å²) in [5, 5.41) is 6.04. The Balaban J connectivity index is 1.69. The first-order valence-electron chi connectivity index (χ1n) is 9.39. The minimum atomic E-state index is -3.40. The van der Waals surface area contributed by atoms with Crippen molar-refractivity contribution < 1.29 is 17.6 Å². The second kappa shape index (κ2) is 7.79. The highest BCUT2D eigenvalue weighted by Gasteiger charge is 2.35. The number of carbonyl (C=O) groups excluding carboxylic acids is 1. The maximum Gasteiger partial charge on any atom is 0.274 e. The maximum absolute atomic E-state index is 13.2. The first-order valence-corrected chi connectivity index (χ1v) is 11.3. The molecular formula is C22H21N3O4S. The van der Waals surface area contributed by atoms with Gasteiger partial charge in [0.2, 0.25) is 10.0 Å². The average Bonchev–Trinajstić information content (AvgIpc) is 3.37. The molecule has 1 aliphatic heterocycles. The zero-order chi connectivity index (χ0) is 21.3. The van der Waals surface area contributed by atoms with Crippen LogP contribution in [0.4, 0.5) is 5.69 Å². The molecule has 0 bridgehead atoms. The number of nitrogens with zero attached hydrogens (tertiary/aromatic N) is 2. The fourth-order valence-corrected chi connectivity index (χ4v) is 3.93. The smallest absolute Gasteiger partial charge is 0.274 e. The van der Waals surface area contributed by atoms with E-state index in [0.717, 1.165) is 17.4 Å². The highest BCUT2D eigenvalue weighted by molar-refractivity contribution is 7.92. The van der Waals surface area contributed by atoms with Gasteiger partial charge >= 0.3 is 0 Å². The van der Waals surface area contributed by atoms with Crippen LogP contribution in [-0.2, 0) is 10.0 Å². The molecule has 7 nitrogen and oxygen atoms in total. The molecule has 0 spiro atoms. The van der Waals surface area contributed by atoms with Crippen molar-refractivity contribution in [2.75, 3.05) is 11.0 Å². The molecule has 0 unspecified atom stereocenters. The highest BCUT2D eigenvalue weighted by atomic mass is 32.2. The second-order valence-electron chi connectivity index (χ2n) is 7.25. The molecule has 2 aromatic carbocycles. The van der Waals surface area contributed by atoms with Crippen LogP contribution in [-0.4, -0.2) is 31.3 Å². The lowest BCUT2D eigenvalue weighted by Gasteiger charge is -2.20. The molecule has 1 atom stereocenters. The van der Waals surface area contributed by atoms with Gasteiger partial charge in [-0.15, -0.1) is 0 Å². The summed E-state index contributed by atoms with van der Waals surface area (Å²) in [7, 11) is -3.40. The Morgan fingerprint density at radius 1 is 1.13 bits per heavy atom. The third-order valence-corrected chi connectivity index (χ3v) is 5.39. The van der Waals surface area contributed by atoms with Gasteiger partial charge in [-0.1, -0.05) is 29.8 Å². The number of rotatable bonds is 5. The van der Waals surface area contributed by atoms with E-state index in [2.05, 4.69) is 9.82 Å². The van der Waals surface area contributed by atoms with E-state index in [9.17, 15) is 13.2 Å². The molecule has 4 rings (SSSR count). The van der Waals surface area contributed by atoms with E-state index in [1.54, 1.807) is 42.7 Å². The van der Waals surface area contributed by atoms with E-state index in [1.807, 2.05) is 31.2 Å². The first kappa shape index (κ1) is 19.9. The number of hydrogen-bond donors (Lipinski definition) is 1. The van der Waals surface area contributed by atoms with Gasteiger partial charge in [0.05, 0.1) is 18.2 Å². The van der Waals surface area contributed by atoms with E-state index in [1.165, 1.54) is 5.01 Å². The molecule has 1 N–H and O–H groups in total. The van der Waals surface area contributed by atoms with Crippen LogP contribution in [0.25, 0.3) is 0 Å². The average molecular weight is 423 g/mol. The zero-order valence-corrected chi connectivity index (χ0v) is 17.4. The summed E-state index contributed by atoms with van der Waals surface area (Å²) in [6.45, 7) is 1.96. The number of hydrogen-bond acceptors (Lipinski definition) is 5. The van der Waals surface area contributed by atoms with Crippen LogP contribution in [0.3, 0.4) is 0 Å². The summed E-state index contributed by atoms with van der Waals surface area (Å²) in [5.41, 5.74) is 3.45. The number of benzene rings is 2. The van der Waals surface area contributed by atoms with Crippen LogP contribution in [0.1, 0.15) is 39.7 Å². The molecule has 0 saturated heterocycles. The second-order valence-corrected chi connectivity index (χ2v) is 9.00. The first-order chi connectivity index (χ1) is 14.3. The normalized spacial score (nSPS) is 16.4. The van der Waals surface area contributed by atoms with Gasteiger partial charge in [-0.25, -0.2) is 13.4 Å². The number of carbonyl (C=O) groups is 1. The van der Waals surface area contributed by atoms with Gasteiger partial charge in [-0.3, -0.25) is 9.52 Å². The Bertz CT molecular complexity index is 1200. The monoisotopic (exact) mass is 423 g/mol. The quantitative estimate of drug-likeness (QED) is 0.673. The third kappa shape index (κ3) is 4.28. The van der Waals surface area contributed by atoms with Gasteiger partial charge in [-0.05, 0) is 48.9 Å². The highest BCUT2D eigenvalue weighted by Crippen LogP contribution is 2.34.